The molecule has 0 spiro atoms. The Hall–Kier alpha value is -3.40. The van der Waals surface area contributed by atoms with Crippen LogP contribution in [-0.4, -0.2) is 53.6 Å². The molecule has 0 unspecified atom stereocenters. The van der Waals surface area contributed by atoms with Gasteiger partial charge >= 0.3 is 0 Å². The van der Waals surface area contributed by atoms with Crippen LogP contribution >= 0.6 is 11.3 Å². The molecular formula is C25H28N4O5S. The van der Waals surface area contributed by atoms with Crippen LogP contribution in [0.25, 0.3) is 10.2 Å². The van der Waals surface area contributed by atoms with E-state index in [-0.39, 0.29) is 11.5 Å². The Labute approximate surface area is 206 Å². The van der Waals surface area contributed by atoms with Gasteiger partial charge in [0.25, 0.3) is 17.4 Å². The molecule has 2 aliphatic heterocycles. The lowest BCUT2D eigenvalue weighted by Gasteiger charge is -2.28. The standard InChI is InChI=1S/C25H28N4O5S/c1-14-20-23(27-19-8-7-11-29(19)25(20)32)35-21(14)22(30)26-16-13-18(34-3)17(33-2)12-15(16)24(31)28-9-5-4-6-10-28/h12-13H,4-11H2,1-3H3,(H,26,30). The molecule has 0 atom stereocenters. The average molecular weight is 497 g/mol. The molecule has 0 radical (unpaired) electrons. The molecule has 0 aliphatic carbocycles. The van der Waals surface area contributed by atoms with Crippen LogP contribution in [-0.2, 0) is 13.0 Å². The number of hydrogen-bond acceptors (Lipinski definition) is 7. The van der Waals surface area contributed by atoms with E-state index in [1.165, 1.54) is 25.6 Å². The lowest BCUT2D eigenvalue weighted by molar-refractivity contribution is 0.0725. The van der Waals surface area contributed by atoms with Gasteiger partial charge in [-0.2, -0.15) is 0 Å². The van der Waals surface area contributed by atoms with Crippen molar-refractivity contribution in [1.29, 1.82) is 0 Å². The van der Waals surface area contributed by atoms with E-state index in [0.29, 0.717) is 63.0 Å². The Kier molecular flexibility index (Phi) is 6.22. The summed E-state index contributed by atoms with van der Waals surface area (Å²) in [5.74, 6) is 1.03. The third-order valence-electron chi connectivity index (χ3n) is 6.76. The van der Waals surface area contributed by atoms with Crippen molar-refractivity contribution >= 4 is 39.1 Å². The molecule has 10 heteroatoms. The van der Waals surface area contributed by atoms with Crippen LogP contribution in [0.4, 0.5) is 5.69 Å². The normalized spacial score (nSPS) is 15.2. The highest BCUT2D eigenvalue weighted by Gasteiger charge is 2.27. The lowest BCUT2D eigenvalue weighted by Crippen LogP contribution is -2.36. The third kappa shape index (κ3) is 4.05. The van der Waals surface area contributed by atoms with Crippen LogP contribution < -0.4 is 20.3 Å². The molecule has 35 heavy (non-hydrogen) atoms. The molecule has 4 heterocycles. The second kappa shape index (κ2) is 9.33. The average Bonchev–Trinajstić information content (AvgIpc) is 3.48. The van der Waals surface area contributed by atoms with Gasteiger partial charge in [0.1, 0.15) is 10.7 Å². The summed E-state index contributed by atoms with van der Waals surface area (Å²) < 4.78 is 12.5. The molecule has 184 valence electrons. The number of hydrogen-bond donors (Lipinski definition) is 1. The van der Waals surface area contributed by atoms with E-state index < -0.39 is 5.91 Å². The highest BCUT2D eigenvalue weighted by molar-refractivity contribution is 7.20. The molecule has 5 rings (SSSR count). The lowest BCUT2D eigenvalue weighted by atomic mass is 10.1. The fraction of sp³-hybridized carbons (Fsp3) is 0.440. The van der Waals surface area contributed by atoms with E-state index in [9.17, 15) is 14.4 Å². The number of thiophene rings is 1. The summed E-state index contributed by atoms with van der Waals surface area (Å²) in [5.41, 5.74) is 1.19. The summed E-state index contributed by atoms with van der Waals surface area (Å²) in [4.78, 5) is 47.3. The van der Waals surface area contributed by atoms with Gasteiger partial charge in [-0.3, -0.25) is 19.0 Å². The zero-order chi connectivity index (χ0) is 24.7. The molecular weight excluding hydrogens is 468 g/mol. The fourth-order valence-electron chi connectivity index (χ4n) is 4.90. The smallest absolute Gasteiger partial charge is 0.266 e. The van der Waals surface area contributed by atoms with Crippen LogP contribution in [0.3, 0.4) is 0 Å². The summed E-state index contributed by atoms with van der Waals surface area (Å²) in [5, 5.41) is 3.39. The van der Waals surface area contributed by atoms with Crippen molar-refractivity contribution in [1.82, 2.24) is 14.5 Å². The zero-order valence-electron chi connectivity index (χ0n) is 20.1. The van der Waals surface area contributed by atoms with Gasteiger partial charge in [-0.1, -0.05) is 0 Å². The van der Waals surface area contributed by atoms with Crippen LogP contribution in [0.5, 0.6) is 11.5 Å². The van der Waals surface area contributed by atoms with Gasteiger partial charge in [0.15, 0.2) is 11.5 Å². The van der Waals surface area contributed by atoms with Gasteiger partial charge < -0.3 is 19.7 Å². The number of fused-ring (bicyclic) bond motifs is 2. The number of nitrogens with zero attached hydrogens (tertiary/aromatic N) is 3. The molecule has 0 saturated carbocycles. The van der Waals surface area contributed by atoms with Crippen LogP contribution in [0.1, 0.15) is 57.1 Å². The van der Waals surface area contributed by atoms with E-state index in [4.69, 9.17) is 9.47 Å². The number of methoxy groups -OCH3 is 2. The maximum Gasteiger partial charge on any atom is 0.266 e. The number of rotatable bonds is 5. The molecule has 1 N–H and O–H groups in total. The Morgan fingerprint density at radius 1 is 1.03 bits per heavy atom. The van der Waals surface area contributed by atoms with E-state index in [2.05, 4.69) is 10.3 Å². The number of ether oxygens (including phenoxy) is 2. The molecule has 2 aliphatic rings. The number of amides is 2. The van der Waals surface area contributed by atoms with E-state index in [1.54, 1.807) is 28.5 Å². The predicted molar refractivity (Wildman–Crippen MR) is 134 cm³/mol. The first kappa shape index (κ1) is 23.3. The summed E-state index contributed by atoms with van der Waals surface area (Å²) in [7, 11) is 3.01. The number of benzene rings is 1. The van der Waals surface area contributed by atoms with Crippen molar-refractivity contribution in [2.24, 2.45) is 0 Å². The van der Waals surface area contributed by atoms with Crippen LogP contribution in [0.2, 0.25) is 0 Å². The van der Waals surface area contributed by atoms with Gasteiger partial charge in [0.2, 0.25) is 0 Å². The number of carbonyl (C=O) groups is 2. The Balaban J connectivity index is 1.54. The molecule has 3 aromatic rings. The first-order valence-electron chi connectivity index (χ1n) is 11.8. The quantitative estimate of drug-likeness (QED) is 0.579. The Morgan fingerprint density at radius 2 is 1.74 bits per heavy atom. The number of anilines is 1. The number of piperidine rings is 1. The second-order valence-electron chi connectivity index (χ2n) is 8.88. The summed E-state index contributed by atoms with van der Waals surface area (Å²) >= 11 is 1.20. The topological polar surface area (TPSA) is 103 Å². The largest absolute Gasteiger partial charge is 0.493 e. The molecule has 9 nitrogen and oxygen atoms in total. The summed E-state index contributed by atoms with van der Waals surface area (Å²) in [6, 6.07) is 3.22. The van der Waals surface area contributed by atoms with Crippen LogP contribution in [0.15, 0.2) is 16.9 Å². The molecule has 1 aromatic carbocycles. The van der Waals surface area contributed by atoms with Crippen molar-refractivity contribution in [3.63, 3.8) is 0 Å². The van der Waals surface area contributed by atoms with Crippen molar-refractivity contribution in [2.75, 3.05) is 32.6 Å². The minimum absolute atomic E-state index is 0.0950. The van der Waals surface area contributed by atoms with Gasteiger partial charge in [-0.15, -0.1) is 11.3 Å². The summed E-state index contributed by atoms with van der Waals surface area (Å²) in [6.45, 7) is 3.78. The SMILES string of the molecule is COc1cc(NC(=O)c2sc3nc4n(c(=O)c3c2C)CCC4)c(C(=O)N2CCCCC2)cc1OC. The molecule has 2 aromatic heterocycles. The van der Waals surface area contributed by atoms with Crippen molar-refractivity contribution in [2.45, 2.75) is 45.6 Å². The van der Waals surface area contributed by atoms with E-state index in [1.807, 2.05) is 0 Å². The third-order valence-corrected chi connectivity index (χ3v) is 7.95. The minimum atomic E-state index is -0.394. The number of carbonyl (C=O) groups excluding carboxylic acids is 2. The predicted octanol–water partition coefficient (Wildman–Crippen LogP) is 3.61. The Bertz CT molecular complexity index is 1390. The van der Waals surface area contributed by atoms with Gasteiger partial charge in [0, 0.05) is 32.1 Å². The highest BCUT2D eigenvalue weighted by atomic mass is 32.1. The second-order valence-corrected chi connectivity index (χ2v) is 9.88. The molecule has 1 fully saturated rings. The zero-order valence-corrected chi connectivity index (χ0v) is 20.9. The maximum atomic E-state index is 13.4. The van der Waals surface area contributed by atoms with Crippen molar-refractivity contribution < 1.29 is 19.1 Å². The number of aromatic nitrogens is 2. The van der Waals surface area contributed by atoms with Gasteiger partial charge in [-0.05, 0) is 44.2 Å². The number of nitrogens with one attached hydrogen (secondary N) is 1. The van der Waals surface area contributed by atoms with Crippen LogP contribution in [0, 0.1) is 6.92 Å². The highest BCUT2D eigenvalue weighted by Crippen LogP contribution is 2.36. The summed E-state index contributed by atoms with van der Waals surface area (Å²) in [6.07, 6.45) is 4.67. The van der Waals surface area contributed by atoms with E-state index >= 15 is 0 Å². The van der Waals surface area contributed by atoms with E-state index in [0.717, 1.165) is 37.9 Å². The fourth-order valence-corrected chi connectivity index (χ4v) is 5.98. The first-order chi connectivity index (χ1) is 16.9. The molecule has 2 amide bonds. The molecule has 0 bridgehead atoms. The Morgan fingerprint density at radius 3 is 2.46 bits per heavy atom. The monoisotopic (exact) mass is 496 g/mol. The minimum Gasteiger partial charge on any atom is -0.493 e. The number of likely N-dealkylation sites (tertiary alicyclic amines) is 1. The van der Waals surface area contributed by atoms with Gasteiger partial charge in [-0.25, -0.2) is 4.98 Å². The van der Waals surface area contributed by atoms with Crippen molar-refractivity contribution in [3.8, 4) is 11.5 Å². The maximum absolute atomic E-state index is 13.4. The molecule has 1 saturated heterocycles. The first-order valence-corrected chi connectivity index (χ1v) is 12.6. The van der Waals surface area contributed by atoms with Gasteiger partial charge in [0.05, 0.1) is 35.7 Å². The number of aryl methyl sites for hydroxylation is 2. The van der Waals surface area contributed by atoms with Crippen molar-refractivity contribution in [3.05, 3.63) is 44.3 Å².